The van der Waals surface area contributed by atoms with E-state index in [1.54, 1.807) is 25.1 Å². The number of carbonyl (C=O) groups is 2. The van der Waals surface area contributed by atoms with Crippen molar-refractivity contribution in [3.8, 4) is 5.75 Å². The molecule has 2 amide bonds. The smallest absolute Gasteiger partial charge is 0.262 e. The van der Waals surface area contributed by atoms with Gasteiger partial charge in [-0.2, -0.15) is 5.10 Å². The minimum absolute atomic E-state index is 0.350. The first-order valence-corrected chi connectivity index (χ1v) is 12.3. The zero-order valence-electron chi connectivity index (χ0n) is 17.5. The van der Waals surface area contributed by atoms with Crippen LogP contribution in [0.4, 0.5) is 0 Å². The molecule has 3 rings (SSSR count). The summed E-state index contributed by atoms with van der Waals surface area (Å²) in [5, 5.41) is 6.63. The van der Waals surface area contributed by atoms with Crippen LogP contribution in [0.15, 0.2) is 85.2 Å². The molecule has 0 aliphatic heterocycles. The van der Waals surface area contributed by atoms with E-state index in [1.165, 1.54) is 6.21 Å². The fraction of sp³-hybridized carbons (Fsp3) is 0.125. The van der Waals surface area contributed by atoms with Crippen molar-refractivity contribution in [2.24, 2.45) is 5.10 Å². The van der Waals surface area contributed by atoms with Crippen molar-refractivity contribution >= 4 is 65.8 Å². The van der Waals surface area contributed by atoms with Crippen LogP contribution in [0.5, 0.6) is 5.75 Å². The Bertz CT molecular complexity index is 1170. The highest BCUT2D eigenvalue weighted by molar-refractivity contribution is 9.11. The Morgan fingerprint density at radius 3 is 2.42 bits per heavy atom. The number of hydrogen-bond donors (Lipinski definition) is 2. The molecular formula is C24H20Br3N3O3. The van der Waals surface area contributed by atoms with Crippen LogP contribution < -0.4 is 15.5 Å². The molecule has 0 fully saturated rings. The zero-order valence-corrected chi connectivity index (χ0v) is 22.3. The highest BCUT2D eigenvalue weighted by Gasteiger charge is 2.17. The third-order valence-electron chi connectivity index (χ3n) is 4.51. The topological polar surface area (TPSA) is 79.8 Å². The molecule has 0 saturated carbocycles. The van der Waals surface area contributed by atoms with E-state index in [4.69, 9.17) is 4.74 Å². The van der Waals surface area contributed by atoms with E-state index < -0.39 is 11.9 Å². The first-order chi connectivity index (χ1) is 15.8. The van der Waals surface area contributed by atoms with Crippen molar-refractivity contribution in [1.82, 2.24) is 10.7 Å². The van der Waals surface area contributed by atoms with Gasteiger partial charge >= 0.3 is 0 Å². The molecule has 1 atom stereocenters. The van der Waals surface area contributed by atoms with Gasteiger partial charge in [-0.15, -0.1) is 0 Å². The average Bonchev–Trinajstić information content (AvgIpc) is 2.79. The van der Waals surface area contributed by atoms with Gasteiger partial charge in [0.15, 0.2) is 0 Å². The molecule has 0 bridgehead atoms. The molecule has 6 nitrogen and oxygen atoms in total. The van der Waals surface area contributed by atoms with Gasteiger partial charge in [-0.05, 0) is 92.4 Å². The third kappa shape index (κ3) is 7.52. The SMILES string of the molecule is CC(NC(=O)c1ccccc1Br)C(=O)NN=Cc1ccc(OCc2ccc(Br)cc2)c(Br)c1. The Morgan fingerprint density at radius 1 is 1.00 bits per heavy atom. The lowest BCUT2D eigenvalue weighted by Crippen LogP contribution is -2.43. The zero-order chi connectivity index (χ0) is 23.8. The van der Waals surface area contributed by atoms with Gasteiger partial charge in [0.25, 0.3) is 11.8 Å². The number of ether oxygens (including phenoxy) is 1. The molecule has 0 radical (unpaired) electrons. The monoisotopic (exact) mass is 635 g/mol. The van der Waals surface area contributed by atoms with Gasteiger partial charge in [-0.3, -0.25) is 9.59 Å². The minimum Gasteiger partial charge on any atom is -0.488 e. The summed E-state index contributed by atoms with van der Waals surface area (Å²) in [4.78, 5) is 24.6. The van der Waals surface area contributed by atoms with E-state index in [2.05, 4.69) is 63.6 Å². The lowest BCUT2D eigenvalue weighted by Gasteiger charge is -2.13. The van der Waals surface area contributed by atoms with Crippen molar-refractivity contribution in [2.75, 3.05) is 0 Å². The fourth-order valence-corrected chi connectivity index (χ4v) is 3.95. The summed E-state index contributed by atoms with van der Waals surface area (Å²) in [6.07, 6.45) is 1.52. The van der Waals surface area contributed by atoms with Crippen LogP contribution in [0.1, 0.15) is 28.4 Å². The van der Waals surface area contributed by atoms with Crippen LogP contribution in [-0.4, -0.2) is 24.1 Å². The summed E-state index contributed by atoms with van der Waals surface area (Å²) in [7, 11) is 0. The van der Waals surface area contributed by atoms with Gasteiger partial charge in [0.1, 0.15) is 18.4 Å². The van der Waals surface area contributed by atoms with Gasteiger partial charge in [-0.25, -0.2) is 5.43 Å². The highest BCUT2D eigenvalue weighted by Crippen LogP contribution is 2.26. The largest absolute Gasteiger partial charge is 0.488 e. The van der Waals surface area contributed by atoms with Crippen LogP contribution >= 0.6 is 47.8 Å². The van der Waals surface area contributed by atoms with Crippen LogP contribution in [0, 0.1) is 0 Å². The first kappa shape index (κ1) is 25.1. The second kappa shape index (κ2) is 12.1. The van der Waals surface area contributed by atoms with Gasteiger partial charge in [-0.1, -0.05) is 40.2 Å². The summed E-state index contributed by atoms with van der Waals surface area (Å²) in [5.41, 5.74) is 4.71. The Labute approximate surface area is 217 Å². The predicted molar refractivity (Wildman–Crippen MR) is 139 cm³/mol. The van der Waals surface area contributed by atoms with Crippen molar-refractivity contribution in [2.45, 2.75) is 19.6 Å². The van der Waals surface area contributed by atoms with Crippen LogP contribution in [-0.2, 0) is 11.4 Å². The molecule has 0 aliphatic rings. The van der Waals surface area contributed by atoms with Crippen LogP contribution in [0.3, 0.4) is 0 Å². The molecule has 1 unspecified atom stereocenters. The second-order valence-corrected chi connectivity index (χ2v) is 9.64. The number of carbonyl (C=O) groups excluding carboxylic acids is 2. The lowest BCUT2D eigenvalue weighted by atomic mass is 10.2. The van der Waals surface area contributed by atoms with Crippen molar-refractivity contribution in [1.29, 1.82) is 0 Å². The summed E-state index contributed by atoms with van der Waals surface area (Å²) >= 11 is 10.2. The van der Waals surface area contributed by atoms with Crippen molar-refractivity contribution in [3.05, 3.63) is 96.8 Å². The Hall–Kier alpha value is -2.49. The Balaban J connectivity index is 1.51. The summed E-state index contributed by atoms with van der Waals surface area (Å²) < 4.78 is 8.29. The molecule has 0 aromatic heterocycles. The molecule has 0 spiro atoms. The molecular weight excluding hydrogens is 618 g/mol. The summed E-state index contributed by atoms with van der Waals surface area (Å²) in [5.74, 6) is -0.0838. The maximum atomic E-state index is 12.3. The Morgan fingerprint density at radius 2 is 1.73 bits per heavy atom. The maximum absolute atomic E-state index is 12.3. The quantitative estimate of drug-likeness (QED) is 0.241. The molecule has 0 saturated heterocycles. The summed E-state index contributed by atoms with van der Waals surface area (Å²) in [6.45, 7) is 2.03. The fourth-order valence-electron chi connectivity index (χ4n) is 2.71. The van der Waals surface area contributed by atoms with E-state index in [0.29, 0.717) is 22.4 Å². The van der Waals surface area contributed by atoms with E-state index >= 15 is 0 Å². The minimum atomic E-state index is -0.761. The van der Waals surface area contributed by atoms with Gasteiger partial charge in [0.05, 0.1) is 16.3 Å². The number of nitrogens with one attached hydrogen (secondary N) is 2. The lowest BCUT2D eigenvalue weighted by molar-refractivity contribution is -0.122. The molecule has 0 aliphatic carbocycles. The number of benzene rings is 3. The number of halogens is 3. The molecule has 0 heterocycles. The van der Waals surface area contributed by atoms with E-state index in [0.717, 1.165) is 20.1 Å². The summed E-state index contributed by atoms with van der Waals surface area (Å²) in [6, 6.07) is 19.6. The normalized spacial score (nSPS) is 11.8. The number of rotatable bonds is 8. The van der Waals surface area contributed by atoms with Gasteiger partial charge < -0.3 is 10.1 Å². The number of hydrazone groups is 1. The van der Waals surface area contributed by atoms with E-state index in [9.17, 15) is 9.59 Å². The number of hydrogen-bond acceptors (Lipinski definition) is 4. The predicted octanol–water partition coefficient (Wildman–Crippen LogP) is 5.82. The van der Waals surface area contributed by atoms with E-state index in [1.807, 2.05) is 48.5 Å². The molecule has 2 N–H and O–H groups in total. The van der Waals surface area contributed by atoms with Gasteiger partial charge in [0.2, 0.25) is 0 Å². The standard InChI is InChI=1S/C24H20Br3N3O3/c1-15(29-24(32)19-4-2-3-5-20(19)26)23(31)30-28-13-17-8-11-22(21(27)12-17)33-14-16-6-9-18(25)10-7-16/h2-13,15H,14H2,1H3,(H,29,32)(H,30,31). The molecule has 3 aromatic carbocycles. The van der Waals surface area contributed by atoms with Gasteiger partial charge in [0, 0.05) is 8.95 Å². The molecule has 170 valence electrons. The third-order valence-corrected chi connectivity index (χ3v) is 6.35. The van der Waals surface area contributed by atoms with E-state index in [-0.39, 0.29) is 5.91 Å². The highest BCUT2D eigenvalue weighted by atomic mass is 79.9. The average molecular weight is 638 g/mol. The molecule has 3 aromatic rings. The number of nitrogens with zero attached hydrogens (tertiary/aromatic N) is 1. The van der Waals surface area contributed by atoms with Crippen LogP contribution in [0.25, 0.3) is 0 Å². The van der Waals surface area contributed by atoms with Crippen molar-refractivity contribution in [3.63, 3.8) is 0 Å². The second-order valence-electron chi connectivity index (χ2n) is 7.01. The molecule has 9 heteroatoms. The number of amides is 2. The first-order valence-electron chi connectivity index (χ1n) is 9.88. The maximum Gasteiger partial charge on any atom is 0.262 e. The van der Waals surface area contributed by atoms with Crippen molar-refractivity contribution < 1.29 is 14.3 Å². The molecule has 33 heavy (non-hydrogen) atoms. The Kier molecular flexibility index (Phi) is 9.22. The van der Waals surface area contributed by atoms with Crippen LogP contribution in [0.2, 0.25) is 0 Å².